The fourth-order valence-corrected chi connectivity index (χ4v) is 3.19. The largest absolute Gasteiger partial charge is 0.321 e. The van der Waals surface area contributed by atoms with Crippen molar-refractivity contribution in [1.29, 1.82) is 0 Å². The molecule has 0 saturated heterocycles. The van der Waals surface area contributed by atoms with Gasteiger partial charge in [0, 0.05) is 36.4 Å². The van der Waals surface area contributed by atoms with Gasteiger partial charge in [-0.25, -0.2) is 4.98 Å². The third kappa shape index (κ3) is 3.02. The maximum absolute atomic E-state index is 4.56. The van der Waals surface area contributed by atoms with Crippen LogP contribution in [0.5, 0.6) is 0 Å². The number of rotatable bonds is 5. The van der Waals surface area contributed by atoms with E-state index in [-0.39, 0.29) is 0 Å². The van der Waals surface area contributed by atoms with E-state index in [2.05, 4.69) is 54.3 Å². The molecule has 0 aliphatic heterocycles. The van der Waals surface area contributed by atoms with Crippen molar-refractivity contribution in [3.05, 3.63) is 40.4 Å². The van der Waals surface area contributed by atoms with Gasteiger partial charge in [-0.1, -0.05) is 17.7 Å². The van der Waals surface area contributed by atoms with Gasteiger partial charge in [0.1, 0.15) is 0 Å². The summed E-state index contributed by atoms with van der Waals surface area (Å²) in [6.45, 7) is 5.23. The summed E-state index contributed by atoms with van der Waals surface area (Å²) >= 11 is 1.77. The van der Waals surface area contributed by atoms with E-state index >= 15 is 0 Å². The molecule has 0 bridgehead atoms. The Morgan fingerprint density at radius 1 is 1.35 bits per heavy atom. The van der Waals surface area contributed by atoms with E-state index in [0.717, 1.165) is 17.7 Å². The van der Waals surface area contributed by atoms with Crippen molar-refractivity contribution in [1.82, 2.24) is 10.3 Å². The number of benzene rings is 1. The maximum atomic E-state index is 4.56. The van der Waals surface area contributed by atoms with Gasteiger partial charge in [-0.15, -0.1) is 11.3 Å². The van der Waals surface area contributed by atoms with E-state index in [0.29, 0.717) is 0 Å². The van der Waals surface area contributed by atoms with Crippen molar-refractivity contribution in [2.75, 3.05) is 11.9 Å². The molecule has 2 aromatic rings. The minimum Gasteiger partial charge on any atom is -0.321 e. The topological polar surface area (TPSA) is 28.2 Å². The van der Waals surface area contributed by atoms with Gasteiger partial charge in [0.15, 0.2) is 5.13 Å². The summed E-state index contributed by atoms with van der Waals surface area (Å²) in [5, 5.41) is 4.60. The second-order valence-electron chi connectivity index (χ2n) is 5.61. The lowest BCUT2D eigenvalue weighted by Gasteiger charge is -2.18. The molecule has 1 aromatic heterocycles. The molecule has 106 valence electrons. The summed E-state index contributed by atoms with van der Waals surface area (Å²) in [6.07, 6.45) is 4.65. The van der Waals surface area contributed by atoms with Gasteiger partial charge in [0.05, 0.1) is 0 Å². The first-order valence-corrected chi connectivity index (χ1v) is 7.94. The van der Waals surface area contributed by atoms with Crippen molar-refractivity contribution < 1.29 is 0 Å². The van der Waals surface area contributed by atoms with Crippen LogP contribution in [0.3, 0.4) is 0 Å². The van der Waals surface area contributed by atoms with Crippen molar-refractivity contribution in [2.24, 2.45) is 0 Å². The summed E-state index contributed by atoms with van der Waals surface area (Å²) in [7, 11) is 2.09. The third-order valence-corrected chi connectivity index (χ3v) is 4.76. The summed E-state index contributed by atoms with van der Waals surface area (Å²) < 4.78 is 0. The number of nitrogens with zero attached hydrogens (tertiary/aromatic N) is 2. The Balaban J connectivity index is 1.73. The van der Waals surface area contributed by atoms with Crippen molar-refractivity contribution >= 4 is 22.2 Å². The number of hydrogen-bond acceptors (Lipinski definition) is 4. The molecular weight excluding hydrogens is 266 g/mol. The first-order valence-electron chi connectivity index (χ1n) is 7.12. The Labute approximate surface area is 124 Å². The Morgan fingerprint density at radius 3 is 2.85 bits per heavy atom. The highest BCUT2D eigenvalue weighted by molar-refractivity contribution is 7.15. The van der Waals surface area contributed by atoms with Gasteiger partial charge >= 0.3 is 0 Å². The minimum absolute atomic E-state index is 0.748. The minimum atomic E-state index is 0.748. The van der Waals surface area contributed by atoms with Gasteiger partial charge in [-0.05, 0) is 38.3 Å². The first-order chi connectivity index (χ1) is 9.63. The molecule has 1 heterocycles. The molecule has 0 spiro atoms. The zero-order valence-corrected chi connectivity index (χ0v) is 13.1. The molecule has 0 radical (unpaired) electrons. The Hall–Kier alpha value is -1.39. The number of anilines is 2. The van der Waals surface area contributed by atoms with Crippen LogP contribution in [-0.4, -0.2) is 18.1 Å². The Bertz CT molecular complexity index is 602. The molecule has 1 fully saturated rings. The van der Waals surface area contributed by atoms with Crippen LogP contribution in [0.4, 0.5) is 10.8 Å². The van der Waals surface area contributed by atoms with E-state index < -0.39 is 0 Å². The fraction of sp³-hybridized carbons (Fsp3) is 0.438. The SMILES string of the molecule is Cc1ccc(N(C)c2ncc(CNC3CC3)s2)c(C)c1. The van der Waals surface area contributed by atoms with Crippen molar-refractivity contribution in [3.63, 3.8) is 0 Å². The highest BCUT2D eigenvalue weighted by atomic mass is 32.1. The molecule has 4 heteroatoms. The quantitative estimate of drug-likeness (QED) is 0.907. The van der Waals surface area contributed by atoms with Crippen molar-refractivity contribution in [2.45, 2.75) is 39.3 Å². The maximum Gasteiger partial charge on any atom is 0.189 e. The highest BCUT2D eigenvalue weighted by Crippen LogP contribution is 2.31. The molecule has 0 amide bonds. The average Bonchev–Trinajstić information content (AvgIpc) is 3.13. The zero-order valence-electron chi connectivity index (χ0n) is 12.3. The number of nitrogens with one attached hydrogen (secondary N) is 1. The summed E-state index contributed by atoms with van der Waals surface area (Å²) in [5.41, 5.74) is 3.82. The van der Waals surface area contributed by atoms with E-state index in [9.17, 15) is 0 Å². The third-order valence-electron chi connectivity index (χ3n) is 3.68. The molecule has 0 atom stereocenters. The molecule has 20 heavy (non-hydrogen) atoms. The molecule has 3 rings (SSSR count). The van der Waals surface area contributed by atoms with Crippen LogP contribution in [-0.2, 0) is 6.54 Å². The average molecular weight is 287 g/mol. The molecule has 0 unspecified atom stereocenters. The van der Waals surface area contributed by atoms with Crippen LogP contribution >= 0.6 is 11.3 Å². The lowest BCUT2D eigenvalue weighted by atomic mass is 10.1. The molecule has 1 aromatic carbocycles. The fourth-order valence-electron chi connectivity index (χ4n) is 2.35. The number of hydrogen-bond donors (Lipinski definition) is 1. The van der Waals surface area contributed by atoms with E-state index in [1.165, 1.54) is 34.5 Å². The second-order valence-corrected chi connectivity index (χ2v) is 6.71. The lowest BCUT2D eigenvalue weighted by molar-refractivity contribution is 0.694. The second kappa shape index (κ2) is 5.54. The molecule has 1 N–H and O–H groups in total. The smallest absolute Gasteiger partial charge is 0.189 e. The standard InChI is InChI=1S/C16H21N3S/c1-11-4-7-15(12(2)8-11)19(3)16-18-10-14(20-16)9-17-13-5-6-13/h4,7-8,10,13,17H,5-6,9H2,1-3H3. The first kappa shape index (κ1) is 13.6. The predicted molar refractivity (Wildman–Crippen MR) is 86.0 cm³/mol. The zero-order chi connectivity index (χ0) is 14.1. The van der Waals surface area contributed by atoms with Crippen LogP contribution in [0.1, 0.15) is 28.8 Å². The van der Waals surface area contributed by atoms with Crippen LogP contribution in [0.25, 0.3) is 0 Å². The summed E-state index contributed by atoms with van der Waals surface area (Å²) in [5.74, 6) is 0. The Kier molecular flexibility index (Phi) is 3.76. The van der Waals surface area contributed by atoms with Crippen LogP contribution < -0.4 is 10.2 Å². The van der Waals surface area contributed by atoms with Crippen molar-refractivity contribution in [3.8, 4) is 0 Å². The van der Waals surface area contributed by atoms with Gasteiger partial charge < -0.3 is 10.2 Å². The van der Waals surface area contributed by atoms with Gasteiger partial charge in [0.25, 0.3) is 0 Å². The predicted octanol–water partition coefficient (Wildman–Crippen LogP) is 3.78. The van der Waals surface area contributed by atoms with Crippen LogP contribution in [0, 0.1) is 13.8 Å². The van der Waals surface area contributed by atoms with Gasteiger partial charge in [-0.3, -0.25) is 0 Å². The highest BCUT2D eigenvalue weighted by Gasteiger charge is 2.20. The van der Waals surface area contributed by atoms with E-state index in [1.54, 1.807) is 11.3 Å². The number of aryl methyl sites for hydroxylation is 2. The molecule has 3 nitrogen and oxygen atoms in total. The molecular formula is C16H21N3S. The summed E-state index contributed by atoms with van der Waals surface area (Å²) in [6, 6.07) is 7.29. The molecule has 1 aliphatic carbocycles. The van der Waals surface area contributed by atoms with Gasteiger partial charge in [-0.2, -0.15) is 0 Å². The van der Waals surface area contributed by atoms with Crippen LogP contribution in [0.2, 0.25) is 0 Å². The van der Waals surface area contributed by atoms with Crippen LogP contribution in [0.15, 0.2) is 24.4 Å². The van der Waals surface area contributed by atoms with E-state index in [1.807, 2.05) is 6.20 Å². The normalized spacial score (nSPS) is 14.6. The number of aromatic nitrogens is 1. The molecule has 1 saturated carbocycles. The summed E-state index contributed by atoms with van der Waals surface area (Å²) in [4.78, 5) is 8.05. The monoisotopic (exact) mass is 287 g/mol. The molecule has 1 aliphatic rings. The number of thiazole rings is 1. The van der Waals surface area contributed by atoms with E-state index in [4.69, 9.17) is 0 Å². The van der Waals surface area contributed by atoms with Gasteiger partial charge in [0.2, 0.25) is 0 Å². The Morgan fingerprint density at radius 2 is 2.15 bits per heavy atom. The lowest BCUT2D eigenvalue weighted by Crippen LogP contribution is -2.14.